The maximum absolute atomic E-state index is 12.9. The molecule has 2 aliphatic rings. The molecule has 0 radical (unpaired) electrons. The number of methoxy groups -OCH3 is 1. The second kappa shape index (κ2) is 10.1. The first-order valence-electron chi connectivity index (χ1n) is 10.9. The first-order chi connectivity index (χ1) is 15.2. The Morgan fingerprint density at radius 2 is 2.03 bits per heavy atom. The van der Waals surface area contributed by atoms with Crippen molar-refractivity contribution in [1.82, 2.24) is 4.90 Å². The molecule has 0 spiro atoms. The highest BCUT2D eigenvalue weighted by molar-refractivity contribution is 6.32. The number of Topliss-reactive ketones (excluding diaryl/α,β-unsaturated/α-hetero) is 1. The summed E-state index contributed by atoms with van der Waals surface area (Å²) in [5.41, 5.74) is 0.698. The molecule has 2 heterocycles. The van der Waals surface area contributed by atoms with Gasteiger partial charge in [0.05, 0.1) is 30.3 Å². The van der Waals surface area contributed by atoms with E-state index in [1.165, 1.54) is 0 Å². The summed E-state index contributed by atoms with van der Waals surface area (Å²) in [6.07, 6.45) is 2.52. The number of fused-ring (bicyclic) bond motifs is 3. The molecule has 1 unspecified atom stereocenters. The van der Waals surface area contributed by atoms with Crippen LogP contribution in [0.3, 0.4) is 0 Å². The number of carbonyl (C=O) groups excluding carboxylic acids is 2. The smallest absolute Gasteiger partial charge is 0.343 e. The van der Waals surface area contributed by atoms with Gasteiger partial charge in [0, 0.05) is 44.4 Å². The predicted octanol–water partition coefficient (Wildman–Crippen LogP) is 4.33. The summed E-state index contributed by atoms with van der Waals surface area (Å²) in [6, 6.07) is 3.22. The van der Waals surface area contributed by atoms with Crippen LogP contribution in [0.1, 0.15) is 52.1 Å². The van der Waals surface area contributed by atoms with E-state index in [0.717, 1.165) is 12.0 Å². The number of carbonyl (C=O) groups is 2. The van der Waals surface area contributed by atoms with Crippen molar-refractivity contribution in [2.75, 3.05) is 33.5 Å². The number of nitrogens with zero attached hydrogens (tertiary/aromatic N) is 1. The summed E-state index contributed by atoms with van der Waals surface area (Å²) < 4.78 is 22.2. The molecule has 0 fully saturated rings. The quantitative estimate of drug-likeness (QED) is 0.337. The SMILES string of the molecule is CCOC(=O)C1=CN2C(CC1=O)c1cc(Cl)c(OCCCOC)cc1OC[C@H]2C(C)(C)C. The number of ether oxygens (including phenoxy) is 4. The fraction of sp³-hybridized carbons (Fsp3) is 0.583. The Hall–Kier alpha value is -2.25. The maximum atomic E-state index is 12.9. The van der Waals surface area contributed by atoms with Crippen LogP contribution in [0, 0.1) is 5.41 Å². The molecule has 8 heteroatoms. The molecule has 176 valence electrons. The van der Waals surface area contributed by atoms with Crippen molar-refractivity contribution in [2.24, 2.45) is 5.41 Å². The maximum Gasteiger partial charge on any atom is 0.343 e. The van der Waals surface area contributed by atoms with Gasteiger partial charge < -0.3 is 23.8 Å². The number of halogens is 1. The summed E-state index contributed by atoms with van der Waals surface area (Å²) in [5, 5.41) is 0.451. The molecule has 1 aromatic rings. The topological polar surface area (TPSA) is 74.3 Å². The number of hydrogen-bond donors (Lipinski definition) is 0. The molecule has 32 heavy (non-hydrogen) atoms. The van der Waals surface area contributed by atoms with Gasteiger partial charge in [0.25, 0.3) is 0 Å². The number of esters is 1. The third-order valence-corrected chi connectivity index (χ3v) is 6.04. The molecule has 7 nitrogen and oxygen atoms in total. The minimum atomic E-state index is -0.591. The van der Waals surface area contributed by atoms with Crippen molar-refractivity contribution in [3.8, 4) is 11.5 Å². The van der Waals surface area contributed by atoms with E-state index >= 15 is 0 Å². The van der Waals surface area contributed by atoms with E-state index in [1.54, 1.807) is 26.3 Å². The van der Waals surface area contributed by atoms with Crippen LogP contribution in [0.15, 0.2) is 23.9 Å². The average molecular weight is 466 g/mol. The average Bonchev–Trinajstić information content (AvgIpc) is 2.87. The zero-order valence-corrected chi connectivity index (χ0v) is 20.2. The van der Waals surface area contributed by atoms with Crippen molar-refractivity contribution in [3.63, 3.8) is 0 Å². The fourth-order valence-electron chi connectivity index (χ4n) is 4.04. The third-order valence-electron chi connectivity index (χ3n) is 5.74. The zero-order valence-electron chi connectivity index (χ0n) is 19.4. The first-order valence-corrected chi connectivity index (χ1v) is 11.3. The van der Waals surface area contributed by atoms with Gasteiger partial charge >= 0.3 is 5.97 Å². The van der Waals surface area contributed by atoms with E-state index < -0.39 is 5.97 Å². The zero-order chi connectivity index (χ0) is 23.5. The van der Waals surface area contributed by atoms with E-state index in [4.69, 9.17) is 30.5 Å². The van der Waals surface area contributed by atoms with E-state index in [2.05, 4.69) is 25.7 Å². The van der Waals surface area contributed by atoms with Gasteiger partial charge in [-0.1, -0.05) is 32.4 Å². The van der Waals surface area contributed by atoms with E-state index in [9.17, 15) is 9.59 Å². The van der Waals surface area contributed by atoms with Gasteiger partial charge in [0.2, 0.25) is 0 Å². The van der Waals surface area contributed by atoms with Crippen LogP contribution >= 0.6 is 11.6 Å². The Bertz CT molecular complexity index is 891. The fourth-order valence-corrected chi connectivity index (χ4v) is 4.27. The first kappa shape index (κ1) is 24.4. The van der Waals surface area contributed by atoms with Crippen molar-refractivity contribution in [1.29, 1.82) is 0 Å². The normalized spacial score (nSPS) is 20.5. The molecule has 0 amide bonds. The molecule has 3 rings (SSSR count). The summed E-state index contributed by atoms with van der Waals surface area (Å²) in [6.45, 7) is 9.72. The van der Waals surface area contributed by atoms with Gasteiger partial charge in [-0.05, 0) is 18.4 Å². The van der Waals surface area contributed by atoms with E-state index in [1.807, 2.05) is 6.07 Å². The molecule has 0 saturated heterocycles. The van der Waals surface area contributed by atoms with Crippen LogP contribution in [0.5, 0.6) is 11.5 Å². The van der Waals surface area contributed by atoms with Gasteiger partial charge in [-0.25, -0.2) is 4.79 Å². The molecule has 0 saturated carbocycles. The van der Waals surface area contributed by atoms with Crippen LogP contribution in [-0.2, 0) is 19.1 Å². The lowest BCUT2D eigenvalue weighted by Gasteiger charge is -2.43. The van der Waals surface area contributed by atoms with Gasteiger partial charge in [-0.15, -0.1) is 0 Å². The molecular formula is C24H32ClNO6. The van der Waals surface area contributed by atoms with Crippen molar-refractivity contribution in [3.05, 3.63) is 34.5 Å². The molecule has 0 aromatic heterocycles. The van der Waals surface area contributed by atoms with Gasteiger partial charge in [0.1, 0.15) is 23.7 Å². The van der Waals surface area contributed by atoms with Gasteiger partial charge in [0.15, 0.2) is 5.78 Å². The van der Waals surface area contributed by atoms with Crippen molar-refractivity contribution in [2.45, 2.75) is 52.6 Å². The van der Waals surface area contributed by atoms with Crippen molar-refractivity contribution >= 4 is 23.4 Å². The highest BCUT2D eigenvalue weighted by atomic mass is 35.5. The third kappa shape index (κ3) is 5.21. The minimum absolute atomic E-state index is 0.0741. The highest BCUT2D eigenvalue weighted by Gasteiger charge is 2.43. The van der Waals surface area contributed by atoms with Gasteiger partial charge in [-0.2, -0.15) is 0 Å². The Labute approximate surface area is 194 Å². The largest absolute Gasteiger partial charge is 0.492 e. The van der Waals surface area contributed by atoms with Crippen LogP contribution in [0.2, 0.25) is 5.02 Å². The standard InChI is InChI=1S/C24H32ClNO6/c1-6-30-23(28)16-13-26-18(11-19(16)27)15-10-17(25)21(31-9-7-8-29-5)12-20(15)32-14-22(26)24(2,3)4/h10,12-13,18,22H,6-9,11,14H2,1-5H3/t18?,22-/m0/s1. The van der Waals surface area contributed by atoms with Crippen molar-refractivity contribution < 1.29 is 28.5 Å². The number of rotatable bonds is 7. The summed E-state index contributed by atoms with van der Waals surface area (Å²) >= 11 is 6.54. The summed E-state index contributed by atoms with van der Waals surface area (Å²) in [5.74, 6) is 0.332. The Morgan fingerprint density at radius 1 is 1.28 bits per heavy atom. The Morgan fingerprint density at radius 3 is 2.69 bits per heavy atom. The molecule has 2 atom stereocenters. The van der Waals surface area contributed by atoms with Crippen LogP contribution < -0.4 is 9.47 Å². The number of ketones is 1. The Kier molecular flexibility index (Phi) is 7.72. The number of benzene rings is 1. The number of hydrogen-bond acceptors (Lipinski definition) is 7. The molecule has 2 aliphatic heterocycles. The summed E-state index contributed by atoms with van der Waals surface area (Å²) in [4.78, 5) is 27.4. The lowest BCUT2D eigenvalue weighted by Crippen LogP contribution is -2.48. The van der Waals surface area contributed by atoms with Crippen LogP contribution in [-0.4, -0.2) is 56.2 Å². The van der Waals surface area contributed by atoms with E-state index in [0.29, 0.717) is 36.3 Å². The van der Waals surface area contributed by atoms with Gasteiger partial charge in [-0.3, -0.25) is 4.79 Å². The van der Waals surface area contributed by atoms with Crippen LogP contribution in [0.25, 0.3) is 0 Å². The summed E-state index contributed by atoms with van der Waals surface area (Å²) in [7, 11) is 1.65. The highest BCUT2D eigenvalue weighted by Crippen LogP contribution is 2.46. The molecular weight excluding hydrogens is 434 g/mol. The molecule has 1 aromatic carbocycles. The Balaban J connectivity index is 2.00. The molecule has 0 aliphatic carbocycles. The minimum Gasteiger partial charge on any atom is -0.492 e. The monoisotopic (exact) mass is 465 g/mol. The molecule has 0 bridgehead atoms. The lowest BCUT2D eigenvalue weighted by atomic mass is 9.83. The predicted molar refractivity (Wildman–Crippen MR) is 121 cm³/mol. The second-order valence-corrected chi connectivity index (χ2v) is 9.47. The second-order valence-electron chi connectivity index (χ2n) is 9.06. The van der Waals surface area contributed by atoms with Crippen LogP contribution in [0.4, 0.5) is 0 Å². The van der Waals surface area contributed by atoms with E-state index in [-0.39, 0.29) is 41.9 Å². The lowest BCUT2D eigenvalue weighted by molar-refractivity contribution is -0.140. The molecule has 0 N–H and O–H groups in total.